The van der Waals surface area contributed by atoms with Gasteiger partial charge in [0.25, 0.3) is 10.0 Å². The minimum absolute atomic E-state index is 0.0433. The molecule has 0 spiro atoms. The van der Waals surface area contributed by atoms with E-state index in [0.29, 0.717) is 16.5 Å². The molecule has 8 heteroatoms. The van der Waals surface area contributed by atoms with Gasteiger partial charge in [-0.05, 0) is 46.6 Å². The zero-order chi connectivity index (χ0) is 21.3. The second kappa shape index (κ2) is 8.12. The smallest absolute Gasteiger partial charge is 0.253 e. The largest absolute Gasteiger partial charge is 0.281 e. The molecule has 0 amide bonds. The van der Waals surface area contributed by atoms with E-state index in [1.54, 1.807) is 24.4 Å². The highest BCUT2D eigenvalue weighted by atomic mass is 32.2. The van der Waals surface area contributed by atoms with Crippen LogP contribution in [0.15, 0.2) is 46.5 Å². The maximum Gasteiger partial charge on any atom is 0.281 e. The van der Waals surface area contributed by atoms with E-state index >= 15 is 0 Å². The highest BCUT2D eigenvalue weighted by molar-refractivity contribution is 7.89. The Hall–Kier alpha value is -2.45. The third-order valence-corrected chi connectivity index (χ3v) is 6.71. The first-order valence-electron chi connectivity index (χ1n) is 9.87. The van der Waals surface area contributed by atoms with Gasteiger partial charge in [0, 0.05) is 6.20 Å². The summed E-state index contributed by atoms with van der Waals surface area (Å²) in [5.74, 6) is 0.602. The molecule has 1 aromatic carbocycles. The van der Waals surface area contributed by atoms with Crippen molar-refractivity contribution in [1.82, 2.24) is 20.5 Å². The van der Waals surface area contributed by atoms with Crippen molar-refractivity contribution in [3.8, 4) is 0 Å². The maximum absolute atomic E-state index is 13.9. The fraction of sp³-hybridized carbons (Fsp3) is 0.429. The van der Waals surface area contributed by atoms with Crippen molar-refractivity contribution >= 4 is 15.9 Å². The highest BCUT2D eigenvalue weighted by Crippen LogP contribution is 2.36. The van der Waals surface area contributed by atoms with E-state index in [-0.39, 0.29) is 17.7 Å². The molecule has 0 radical (unpaired) electrons. The third-order valence-electron chi connectivity index (χ3n) is 4.98. The molecule has 2 heterocycles. The predicted molar refractivity (Wildman–Crippen MR) is 115 cm³/mol. The summed E-state index contributed by atoms with van der Waals surface area (Å²) >= 11 is 0. The van der Waals surface area contributed by atoms with E-state index < -0.39 is 10.0 Å². The van der Waals surface area contributed by atoms with Gasteiger partial charge in [0.1, 0.15) is 5.69 Å². The van der Waals surface area contributed by atoms with Gasteiger partial charge in [-0.2, -0.15) is 12.8 Å². The van der Waals surface area contributed by atoms with Crippen molar-refractivity contribution in [3.63, 3.8) is 0 Å². The first-order valence-corrected chi connectivity index (χ1v) is 11.3. The number of amidine groups is 1. The fourth-order valence-corrected chi connectivity index (χ4v) is 5.22. The van der Waals surface area contributed by atoms with E-state index in [4.69, 9.17) is 0 Å². The molecule has 0 bridgehead atoms. The average molecular weight is 416 g/mol. The zero-order valence-electron chi connectivity index (χ0n) is 17.8. The van der Waals surface area contributed by atoms with Crippen molar-refractivity contribution in [2.45, 2.75) is 64.2 Å². The molecule has 156 valence electrons. The Morgan fingerprint density at radius 1 is 0.931 bits per heavy atom. The van der Waals surface area contributed by atoms with Crippen LogP contribution in [0.3, 0.4) is 0 Å². The number of hydrazone groups is 1. The van der Waals surface area contributed by atoms with Gasteiger partial charge < -0.3 is 0 Å². The summed E-state index contributed by atoms with van der Waals surface area (Å²) in [7, 11) is -3.94. The van der Waals surface area contributed by atoms with Crippen molar-refractivity contribution in [1.29, 1.82) is 0 Å². The molecule has 29 heavy (non-hydrogen) atoms. The Balaban J connectivity index is 2.22. The molecule has 0 fully saturated rings. The van der Waals surface area contributed by atoms with Crippen LogP contribution in [0.1, 0.15) is 81.7 Å². The minimum Gasteiger partial charge on any atom is -0.253 e. The Kier molecular flexibility index (Phi) is 5.95. The lowest BCUT2D eigenvalue weighted by molar-refractivity contribution is 0.408. The summed E-state index contributed by atoms with van der Waals surface area (Å²) in [6.45, 7) is 12.3. The molecule has 3 rings (SSSR count). The molecule has 0 unspecified atom stereocenters. The minimum atomic E-state index is -3.94. The van der Waals surface area contributed by atoms with E-state index in [0.717, 1.165) is 21.1 Å². The summed E-state index contributed by atoms with van der Waals surface area (Å²) in [4.78, 5) is 4.59. The molecule has 1 aliphatic rings. The number of hydrogen-bond acceptors (Lipinski definition) is 6. The topological polar surface area (TPSA) is 86.7 Å². The molecular weight excluding hydrogens is 386 g/mol. The van der Waals surface area contributed by atoms with Crippen LogP contribution in [0.4, 0.5) is 0 Å². The number of sulfonamides is 1. The van der Waals surface area contributed by atoms with E-state index in [1.807, 2.05) is 39.8 Å². The Morgan fingerprint density at radius 2 is 1.55 bits per heavy atom. The van der Waals surface area contributed by atoms with Gasteiger partial charge in [-0.25, -0.2) is 5.53 Å². The molecule has 2 N–H and O–H groups in total. The monoisotopic (exact) mass is 415 g/mol. The van der Waals surface area contributed by atoms with Crippen molar-refractivity contribution in [3.05, 3.63) is 58.9 Å². The van der Waals surface area contributed by atoms with Crippen molar-refractivity contribution < 1.29 is 8.42 Å². The Bertz CT molecular complexity index is 986. The van der Waals surface area contributed by atoms with Crippen LogP contribution in [-0.4, -0.2) is 23.7 Å². The molecule has 0 atom stereocenters. The first kappa shape index (κ1) is 21.3. The number of rotatable bonds is 6. The molecule has 0 saturated heterocycles. The van der Waals surface area contributed by atoms with Crippen molar-refractivity contribution in [2.75, 3.05) is 0 Å². The number of hydrogen-bond donors (Lipinski definition) is 2. The average Bonchev–Trinajstić information content (AvgIpc) is 3.18. The summed E-state index contributed by atoms with van der Waals surface area (Å²) in [6.07, 6.45) is 1.61. The zero-order valence-corrected chi connectivity index (χ0v) is 18.6. The van der Waals surface area contributed by atoms with Gasteiger partial charge in [0.05, 0.1) is 4.90 Å². The quantitative estimate of drug-likeness (QED) is 0.749. The fourth-order valence-electron chi connectivity index (χ4n) is 3.33. The Labute approximate surface area is 173 Å². The molecule has 1 aromatic heterocycles. The highest BCUT2D eigenvalue weighted by Gasteiger charge is 2.37. The van der Waals surface area contributed by atoms with Gasteiger partial charge in [0.2, 0.25) is 5.84 Å². The normalized spacial score (nSPS) is 14.7. The molecule has 1 aliphatic heterocycles. The van der Waals surface area contributed by atoms with E-state index in [9.17, 15) is 8.42 Å². The van der Waals surface area contributed by atoms with E-state index in [1.165, 1.54) is 0 Å². The maximum atomic E-state index is 13.9. The molecule has 0 saturated carbocycles. The lowest BCUT2D eigenvalue weighted by Gasteiger charge is -2.26. The second-order valence-electron chi connectivity index (χ2n) is 8.14. The van der Waals surface area contributed by atoms with Crippen LogP contribution in [0.25, 0.3) is 0 Å². The summed E-state index contributed by atoms with van der Waals surface area (Å²) < 4.78 is 28.8. The van der Waals surface area contributed by atoms with Crippen LogP contribution in [0.2, 0.25) is 0 Å². The van der Waals surface area contributed by atoms with Gasteiger partial charge in [-0.3, -0.25) is 4.98 Å². The van der Waals surface area contributed by atoms with Gasteiger partial charge in [-0.15, -0.1) is 10.6 Å². The number of nitrogens with zero attached hydrogens (tertiary/aromatic N) is 3. The SMILES string of the molecule is CC(C)c1cc(C(C)C)c(S(=O)(=O)N2NNN=C2c2ccccn2)c(C(C)C)c1. The van der Waals surface area contributed by atoms with Gasteiger partial charge in [-0.1, -0.05) is 59.7 Å². The van der Waals surface area contributed by atoms with Crippen LogP contribution in [-0.2, 0) is 10.0 Å². The summed E-state index contributed by atoms with van der Waals surface area (Å²) in [6, 6.07) is 9.34. The number of pyridine rings is 1. The predicted octanol–water partition coefficient (Wildman–Crippen LogP) is 3.83. The first-order chi connectivity index (χ1) is 13.6. The summed E-state index contributed by atoms with van der Waals surface area (Å²) in [5, 5.41) is 4.11. The second-order valence-corrected chi connectivity index (χ2v) is 9.86. The standard InChI is InChI=1S/C21H29N5O2S/c1-13(2)16-11-17(14(3)4)20(18(12-16)15(5)6)29(27,28)26-21(23-24-25-26)19-9-7-8-10-22-19/h7-15,24-25H,1-6H3. The summed E-state index contributed by atoms with van der Waals surface area (Å²) in [5.41, 5.74) is 8.47. The van der Waals surface area contributed by atoms with Crippen LogP contribution in [0.5, 0.6) is 0 Å². The third kappa shape index (κ3) is 4.00. The van der Waals surface area contributed by atoms with Crippen molar-refractivity contribution in [2.24, 2.45) is 5.10 Å². The number of hydrazine groups is 2. The lowest BCUT2D eigenvalue weighted by Crippen LogP contribution is -2.46. The van der Waals surface area contributed by atoms with E-state index in [2.05, 4.69) is 35.0 Å². The van der Waals surface area contributed by atoms with Crippen LogP contribution >= 0.6 is 0 Å². The van der Waals surface area contributed by atoms with Crippen LogP contribution in [0, 0.1) is 0 Å². The Morgan fingerprint density at radius 3 is 2.03 bits per heavy atom. The number of benzene rings is 1. The molecule has 7 nitrogen and oxygen atoms in total. The van der Waals surface area contributed by atoms with Gasteiger partial charge >= 0.3 is 0 Å². The molecule has 2 aromatic rings. The lowest BCUT2D eigenvalue weighted by atomic mass is 9.89. The molecular formula is C21H29N5O2S. The van der Waals surface area contributed by atoms with Crippen LogP contribution < -0.4 is 11.1 Å². The number of aromatic nitrogens is 1. The van der Waals surface area contributed by atoms with Gasteiger partial charge in [0.15, 0.2) is 0 Å². The molecule has 0 aliphatic carbocycles. The number of nitrogens with one attached hydrogen (secondary N) is 2.